The molecule has 32 heavy (non-hydrogen) atoms. The van der Waals surface area contributed by atoms with Gasteiger partial charge < -0.3 is 4.57 Å². The van der Waals surface area contributed by atoms with Crippen molar-refractivity contribution in [1.82, 2.24) is 8.94 Å². The van der Waals surface area contributed by atoms with E-state index in [2.05, 4.69) is 21.1 Å². The Labute approximate surface area is 188 Å². The summed E-state index contributed by atoms with van der Waals surface area (Å²) in [6.45, 7) is 0. The molecule has 0 atom stereocenters. The Hall–Kier alpha value is -2.73. The zero-order valence-electron chi connectivity index (χ0n) is 17.8. The number of aromatic nitrogens is 2. The molecule has 0 amide bonds. The quantitative estimate of drug-likeness (QED) is 0.365. The highest BCUT2D eigenvalue weighted by atomic mass is 32.1. The van der Waals surface area contributed by atoms with Crippen LogP contribution in [0.15, 0.2) is 46.0 Å². The Kier molecular flexibility index (Phi) is 4.79. The van der Waals surface area contributed by atoms with Crippen LogP contribution in [-0.2, 0) is 0 Å². The van der Waals surface area contributed by atoms with Crippen LogP contribution in [0.25, 0.3) is 32.2 Å². The van der Waals surface area contributed by atoms with E-state index in [0.717, 1.165) is 18.4 Å². The SMILES string of the molecule is O=c1[nH]sc2c1c(=O)c1cc(F)c(-c3ccc(C4CCCCCC4)cc3)cc1n2C1CC1. The summed E-state index contributed by atoms with van der Waals surface area (Å²) in [5.74, 6) is 0.169. The number of hydrogen-bond donors (Lipinski definition) is 1. The van der Waals surface area contributed by atoms with Crippen molar-refractivity contribution in [2.24, 2.45) is 0 Å². The van der Waals surface area contributed by atoms with E-state index in [1.807, 2.05) is 12.1 Å². The van der Waals surface area contributed by atoms with Crippen molar-refractivity contribution in [2.75, 3.05) is 0 Å². The van der Waals surface area contributed by atoms with Crippen LogP contribution in [0.1, 0.15) is 68.9 Å². The maximum absolute atomic E-state index is 15.2. The normalized spacial score (nSPS) is 17.8. The van der Waals surface area contributed by atoms with Gasteiger partial charge in [0.1, 0.15) is 16.0 Å². The molecule has 0 bridgehead atoms. The first-order valence-electron chi connectivity index (χ1n) is 11.6. The molecule has 0 saturated heterocycles. The molecule has 0 spiro atoms. The number of fused-ring (bicyclic) bond motifs is 2. The fourth-order valence-corrected chi connectivity index (χ4v) is 6.24. The molecule has 2 fully saturated rings. The lowest BCUT2D eigenvalue weighted by Crippen LogP contribution is -2.15. The molecule has 2 saturated carbocycles. The Bertz CT molecular complexity index is 1440. The van der Waals surface area contributed by atoms with Gasteiger partial charge in [0.15, 0.2) is 0 Å². The number of halogens is 1. The lowest BCUT2D eigenvalue weighted by atomic mass is 9.90. The standard InChI is InChI=1S/C26H25FN2O2S/c27-21-13-20-22(29(18-11-12-18)26-23(24(20)30)25(31)28-32-26)14-19(21)17-9-7-16(8-10-17)15-5-3-1-2-4-6-15/h7-10,13-15,18H,1-6,11-12H2,(H,28,31). The molecule has 4 nitrogen and oxygen atoms in total. The first kappa shape index (κ1) is 19.9. The van der Waals surface area contributed by atoms with E-state index in [0.29, 0.717) is 21.8 Å². The average Bonchev–Trinajstić information content (AvgIpc) is 3.60. The maximum Gasteiger partial charge on any atom is 0.271 e. The lowest BCUT2D eigenvalue weighted by molar-refractivity contribution is 0.592. The van der Waals surface area contributed by atoms with E-state index in [9.17, 15) is 9.59 Å². The summed E-state index contributed by atoms with van der Waals surface area (Å²) >= 11 is 1.19. The predicted octanol–water partition coefficient (Wildman–Crippen LogP) is 6.48. The fraction of sp³-hybridized carbons (Fsp3) is 0.385. The van der Waals surface area contributed by atoms with Gasteiger partial charge in [0.2, 0.25) is 5.43 Å². The third-order valence-corrected chi connectivity index (χ3v) is 8.06. The molecule has 2 aromatic heterocycles. The summed E-state index contributed by atoms with van der Waals surface area (Å²) in [6.07, 6.45) is 9.67. The molecule has 2 heterocycles. The minimum absolute atomic E-state index is 0.148. The fourth-order valence-electron chi connectivity index (χ4n) is 5.31. The minimum atomic E-state index is -0.426. The van der Waals surface area contributed by atoms with Crippen molar-refractivity contribution in [2.45, 2.75) is 63.3 Å². The Morgan fingerprint density at radius 3 is 2.34 bits per heavy atom. The molecule has 2 aliphatic rings. The second kappa shape index (κ2) is 7.69. The van der Waals surface area contributed by atoms with E-state index in [1.54, 1.807) is 6.07 Å². The molecule has 6 rings (SSSR count). The van der Waals surface area contributed by atoms with E-state index in [-0.39, 0.29) is 27.8 Å². The first-order valence-corrected chi connectivity index (χ1v) is 12.4. The van der Waals surface area contributed by atoms with Crippen molar-refractivity contribution < 1.29 is 4.39 Å². The molecule has 0 aliphatic heterocycles. The summed E-state index contributed by atoms with van der Waals surface area (Å²) in [5.41, 5.74) is 2.60. The molecule has 164 valence electrons. The monoisotopic (exact) mass is 448 g/mol. The van der Waals surface area contributed by atoms with Crippen LogP contribution < -0.4 is 11.0 Å². The van der Waals surface area contributed by atoms with Crippen molar-refractivity contribution >= 4 is 32.7 Å². The summed E-state index contributed by atoms with van der Waals surface area (Å²) in [6, 6.07) is 11.7. The Morgan fingerprint density at radius 2 is 1.66 bits per heavy atom. The third kappa shape index (κ3) is 3.24. The van der Waals surface area contributed by atoms with E-state index < -0.39 is 5.82 Å². The molecular weight excluding hydrogens is 423 g/mol. The average molecular weight is 449 g/mol. The smallest absolute Gasteiger partial charge is 0.271 e. The van der Waals surface area contributed by atoms with Gasteiger partial charge in [-0.15, -0.1) is 0 Å². The van der Waals surface area contributed by atoms with Crippen LogP contribution in [0.4, 0.5) is 4.39 Å². The molecule has 1 N–H and O–H groups in total. The molecule has 2 aliphatic carbocycles. The van der Waals surface area contributed by atoms with Crippen LogP contribution in [0, 0.1) is 5.82 Å². The van der Waals surface area contributed by atoms with Crippen LogP contribution in [-0.4, -0.2) is 8.94 Å². The lowest BCUT2D eigenvalue weighted by Gasteiger charge is -2.16. The van der Waals surface area contributed by atoms with Crippen LogP contribution in [0.3, 0.4) is 0 Å². The van der Waals surface area contributed by atoms with Crippen molar-refractivity contribution in [3.63, 3.8) is 0 Å². The van der Waals surface area contributed by atoms with Gasteiger partial charge >= 0.3 is 0 Å². The number of pyridine rings is 1. The molecule has 4 aromatic rings. The van der Waals surface area contributed by atoms with Gasteiger partial charge in [0, 0.05) is 17.0 Å². The van der Waals surface area contributed by atoms with Crippen molar-refractivity contribution in [3.05, 3.63) is 68.4 Å². The largest absolute Gasteiger partial charge is 0.328 e. The number of hydrogen-bond acceptors (Lipinski definition) is 3. The summed E-state index contributed by atoms with van der Waals surface area (Å²) < 4.78 is 20.0. The van der Waals surface area contributed by atoms with E-state index in [4.69, 9.17) is 0 Å². The third-order valence-electron chi connectivity index (χ3n) is 7.18. The van der Waals surface area contributed by atoms with Gasteiger partial charge in [0.05, 0.1) is 5.52 Å². The highest BCUT2D eigenvalue weighted by Crippen LogP contribution is 2.41. The highest BCUT2D eigenvalue weighted by molar-refractivity contribution is 7.12. The number of H-pyrrole nitrogens is 1. The van der Waals surface area contributed by atoms with Crippen LogP contribution in [0.2, 0.25) is 0 Å². The second-order valence-electron chi connectivity index (χ2n) is 9.30. The number of nitrogens with zero attached hydrogens (tertiary/aromatic N) is 1. The maximum atomic E-state index is 15.2. The summed E-state index contributed by atoms with van der Waals surface area (Å²) in [5, 5.41) is 0.430. The first-order chi connectivity index (χ1) is 15.6. The van der Waals surface area contributed by atoms with Gasteiger partial charge in [0.25, 0.3) is 5.56 Å². The van der Waals surface area contributed by atoms with Gasteiger partial charge in [-0.2, -0.15) is 0 Å². The van der Waals surface area contributed by atoms with Gasteiger partial charge in [-0.25, -0.2) is 4.39 Å². The van der Waals surface area contributed by atoms with Gasteiger partial charge in [-0.3, -0.25) is 14.0 Å². The van der Waals surface area contributed by atoms with Crippen LogP contribution in [0.5, 0.6) is 0 Å². The van der Waals surface area contributed by atoms with Crippen molar-refractivity contribution in [3.8, 4) is 11.1 Å². The molecule has 0 radical (unpaired) electrons. The number of benzene rings is 2. The second-order valence-corrected chi connectivity index (χ2v) is 10.1. The highest BCUT2D eigenvalue weighted by Gasteiger charge is 2.29. The molecule has 6 heteroatoms. The number of aromatic amines is 1. The van der Waals surface area contributed by atoms with E-state index >= 15 is 4.39 Å². The Morgan fingerprint density at radius 1 is 0.938 bits per heavy atom. The van der Waals surface area contributed by atoms with Gasteiger partial charge in [-0.1, -0.05) is 49.9 Å². The van der Waals surface area contributed by atoms with E-state index in [1.165, 1.54) is 61.7 Å². The van der Waals surface area contributed by atoms with Crippen LogP contribution >= 0.6 is 11.5 Å². The molecule has 0 unspecified atom stereocenters. The minimum Gasteiger partial charge on any atom is -0.328 e. The van der Waals surface area contributed by atoms with Crippen molar-refractivity contribution in [1.29, 1.82) is 0 Å². The van der Waals surface area contributed by atoms with Gasteiger partial charge in [-0.05, 0) is 66.4 Å². The summed E-state index contributed by atoms with van der Waals surface area (Å²) in [7, 11) is 0. The predicted molar refractivity (Wildman–Crippen MR) is 128 cm³/mol. The summed E-state index contributed by atoms with van der Waals surface area (Å²) in [4.78, 5) is 25.9. The number of rotatable bonds is 3. The molecule has 2 aromatic carbocycles. The zero-order chi connectivity index (χ0) is 21.8. The number of nitrogens with one attached hydrogen (secondary N) is 1. The molecular formula is C26H25FN2O2S. The topological polar surface area (TPSA) is 54.9 Å². The Balaban J connectivity index is 1.49. The zero-order valence-corrected chi connectivity index (χ0v) is 18.6.